The lowest BCUT2D eigenvalue weighted by atomic mass is 9.94. The molecule has 0 heterocycles. The number of hydrogen-bond acceptors (Lipinski definition) is 5. The van der Waals surface area contributed by atoms with Crippen LogP contribution in [0.4, 0.5) is 0 Å². The topological polar surface area (TPSA) is 72.8 Å². The Kier molecular flexibility index (Phi) is 7.03. The van der Waals surface area contributed by atoms with E-state index in [1.807, 2.05) is 41.5 Å². The number of benzene rings is 1. The fraction of sp³-hybridized carbons (Fsp3) is 0.600. The zero-order chi connectivity index (χ0) is 19.3. The number of esters is 2. The Balaban J connectivity index is 2.86. The van der Waals surface area contributed by atoms with Crippen LogP contribution in [0.15, 0.2) is 24.3 Å². The molecule has 0 saturated heterocycles. The average molecular weight is 350 g/mol. The predicted octanol–water partition coefficient (Wildman–Crippen LogP) is 4.04. The van der Waals surface area contributed by atoms with Crippen molar-refractivity contribution in [2.75, 3.05) is 13.2 Å². The summed E-state index contributed by atoms with van der Waals surface area (Å²) in [5.74, 6) is -1.56. The maximum Gasteiger partial charge on any atom is 0.314 e. The SMILES string of the molecule is CC(C)(C)COC(=O)CC(C(=O)OCC(C)(C)C)c1ccc(O)cc1. The molecule has 5 nitrogen and oxygen atoms in total. The number of ether oxygens (including phenoxy) is 2. The van der Waals surface area contributed by atoms with Crippen LogP contribution in [0.1, 0.15) is 59.4 Å². The van der Waals surface area contributed by atoms with Crippen LogP contribution in [-0.2, 0) is 19.1 Å². The van der Waals surface area contributed by atoms with E-state index in [-0.39, 0.29) is 36.2 Å². The van der Waals surface area contributed by atoms with Gasteiger partial charge in [-0.3, -0.25) is 9.59 Å². The molecule has 25 heavy (non-hydrogen) atoms. The highest BCUT2D eigenvalue weighted by Gasteiger charge is 2.28. The van der Waals surface area contributed by atoms with Crippen molar-refractivity contribution in [3.8, 4) is 5.75 Å². The van der Waals surface area contributed by atoms with Crippen molar-refractivity contribution < 1.29 is 24.2 Å². The van der Waals surface area contributed by atoms with Crippen molar-refractivity contribution in [3.63, 3.8) is 0 Å². The first-order chi connectivity index (χ1) is 11.4. The van der Waals surface area contributed by atoms with Gasteiger partial charge in [0, 0.05) is 0 Å². The third-order valence-corrected chi connectivity index (χ3v) is 3.26. The summed E-state index contributed by atoms with van der Waals surface area (Å²) >= 11 is 0. The van der Waals surface area contributed by atoms with Crippen molar-refractivity contribution in [1.29, 1.82) is 0 Å². The number of carbonyl (C=O) groups is 2. The second kappa shape index (κ2) is 8.37. The van der Waals surface area contributed by atoms with Crippen molar-refractivity contribution >= 4 is 11.9 Å². The van der Waals surface area contributed by atoms with Crippen molar-refractivity contribution in [3.05, 3.63) is 29.8 Å². The summed E-state index contributed by atoms with van der Waals surface area (Å²) in [5, 5.41) is 9.43. The van der Waals surface area contributed by atoms with Crippen LogP contribution in [0.5, 0.6) is 5.75 Å². The number of hydrogen-bond donors (Lipinski definition) is 1. The first kappa shape index (κ1) is 21.0. The molecular weight excluding hydrogens is 320 g/mol. The Labute approximate surface area is 150 Å². The third-order valence-electron chi connectivity index (χ3n) is 3.26. The number of aromatic hydroxyl groups is 1. The normalized spacial score (nSPS) is 13.2. The lowest BCUT2D eigenvalue weighted by Crippen LogP contribution is -2.26. The highest BCUT2D eigenvalue weighted by molar-refractivity contribution is 5.84. The molecule has 0 amide bonds. The van der Waals surface area contributed by atoms with E-state index in [0.29, 0.717) is 5.56 Å². The molecular formula is C20H30O5. The molecule has 0 aliphatic rings. The standard InChI is InChI=1S/C20H30O5/c1-19(2,3)12-24-17(22)11-16(14-7-9-15(21)10-8-14)18(23)25-13-20(4,5)6/h7-10,16,21H,11-13H2,1-6H3. The molecule has 5 heteroatoms. The quantitative estimate of drug-likeness (QED) is 0.784. The van der Waals surface area contributed by atoms with Crippen LogP contribution in [0.25, 0.3) is 0 Å². The first-order valence-corrected chi connectivity index (χ1v) is 8.49. The van der Waals surface area contributed by atoms with Crippen LogP contribution in [0.3, 0.4) is 0 Å². The molecule has 0 aromatic heterocycles. The third kappa shape index (κ3) is 8.57. The van der Waals surface area contributed by atoms with Gasteiger partial charge >= 0.3 is 11.9 Å². The van der Waals surface area contributed by atoms with Gasteiger partial charge in [-0.05, 0) is 28.5 Å². The maximum absolute atomic E-state index is 12.5. The number of carbonyl (C=O) groups excluding carboxylic acids is 2. The largest absolute Gasteiger partial charge is 0.508 e. The Hall–Kier alpha value is -2.04. The zero-order valence-electron chi connectivity index (χ0n) is 16.1. The molecule has 0 aliphatic heterocycles. The molecule has 1 rings (SSSR count). The molecule has 1 atom stereocenters. The minimum absolute atomic E-state index is 0.0934. The van der Waals surface area contributed by atoms with Gasteiger partial charge in [0.15, 0.2) is 0 Å². The molecule has 0 fully saturated rings. The second-order valence-corrected chi connectivity index (χ2v) is 8.74. The van der Waals surface area contributed by atoms with E-state index in [2.05, 4.69) is 0 Å². The molecule has 140 valence electrons. The monoisotopic (exact) mass is 350 g/mol. The van der Waals surface area contributed by atoms with Gasteiger partial charge in [-0.2, -0.15) is 0 Å². The second-order valence-electron chi connectivity index (χ2n) is 8.74. The van der Waals surface area contributed by atoms with Gasteiger partial charge in [-0.1, -0.05) is 53.7 Å². The van der Waals surface area contributed by atoms with E-state index < -0.39 is 17.9 Å². The fourth-order valence-electron chi connectivity index (χ4n) is 1.95. The zero-order valence-corrected chi connectivity index (χ0v) is 16.1. The van der Waals surface area contributed by atoms with E-state index in [4.69, 9.17) is 9.47 Å². The van der Waals surface area contributed by atoms with E-state index in [1.54, 1.807) is 12.1 Å². The summed E-state index contributed by atoms with van der Waals surface area (Å²) in [4.78, 5) is 24.7. The molecule has 1 unspecified atom stereocenters. The maximum atomic E-state index is 12.5. The first-order valence-electron chi connectivity index (χ1n) is 8.49. The van der Waals surface area contributed by atoms with Gasteiger partial charge in [-0.25, -0.2) is 0 Å². The van der Waals surface area contributed by atoms with Gasteiger partial charge in [-0.15, -0.1) is 0 Å². The van der Waals surface area contributed by atoms with Crippen LogP contribution in [0, 0.1) is 10.8 Å². The van der Waals surface area contributed by atoms with Crippen molar-refractivity contribution in [1.82, 2.24) is 0 Å². The summed E-state index contributed by atoms with van der Waals surface area (Å²) in [6.07, 6.45) is -0.0934. The molecule has 0 radical (unpaired) electrons. The molecule has 1 aromatic rings. The van der Waals surface area contributed by atoms with Crippen LogP contribution < -0.4 is 0 Å². The average Bonchev–Trinajstić information content (AvgIpc) is 2.48. The summed E-state index contributed by atoms with van der Waals surface area (Å²) in [5.41, 5.74) is 0.308. The molecule has 1 N–H and O–H groups in total. The van der Waals surface area contributed by atoms with Crippen molar-refractivity contribution in [2.45, 2.75) is 53.9 Å². The van der Waals surface area contributed by atoms with E-state index in [0.717, 1.165) is 0 Å². The molecule has 0 spiro atoms. The summed E-state index contributed by atoms with van der Waals surface area (Å²) < 4.78 is 10.7. The van der Waals surface area contributed by atoms with E-state index >= 15 is 0 Å². The van der Waals surface area contributed by atoms with E-state index in [9.17, 15) is 14.7 Å². The van der Waals surface area contributed by atoms with Crippen LogP contribution in [0.2, 0.25) is 0 Å². The Bertz CT molecular complexity index is 576. The number of rotatable bonds is 6. The van der Waals surface area contributed by atoms with Gasteiger partial charge in [0.1, 0.15) is 5.75 Å². The lowest BCUT2D eigenvalue weighted by Gasteiger charge is -2.22. The highest BCUT2D eigenvalue weighted by atomic mass is 16.5. The van der Waals surface area contributed by atoms with Crippen LogP contribution in [-0.4, -0.2) is 30.3 Å². The molecule has 1 aromatic carbocycles. The fourth-order valence-corrected chi connectivity index (χ4v) is 1.95. The van der Waals surface area contributed by atoms with Crippen molar-refractivity contribution in [2.24, 2.45) is 10.8 Å². The van der Waals surface area contributed by atoms with Gasteiger partial charge < -0.3 is 14.6 Å². The summed E-state index contributed by atoms with van der Waals surface area (Å²) in [6, 6.07) is 6.21. The van der Waals surface area contributed by atoms with Crippen LogP contribution >= 0.6 is 0 Å². The Morgan fingerprint density at radius 2 is 1.40 bits per heavy atom. The summed E-state index contributed by atoms with van der Waals surface area (Å²) in [7, 11) is 0. The van der Waals surface area contributed by atoms with Gasteiger partial charge in [0.2, 0.25) is 0 Å². The Morgan fingerprint density at radius 3 is 1.88 bits per heavy atom. The molecule has 0 aliphatic carbocycles. The summed E-state index contributed by atoms with van der Waals surface area (Å²) in [6.45, 7) is 12.3. The molecule has 0 bridgehead atoms. The smallest absolute Gasteiger partial charge is 0.314 e. The highest BCUT2D eigenvalue weighted by Crippen LogP contribution is 2.26. The van der Waals surface area contributed by atoms with Gasteiger partial charge in [0.25, 0.3) is 0 Å². The minimum Gasteiger partial charge on any atom is -0.508 e. The van der Waals surface area contributed by atoms with E-state index in [1.165, 1.54) is 12.1 Å². The minimum atomic E-state index is -0.754. The lowest BCUT2D eigenvalue weighted by molar-refractivity contribution is -0.155. The van der Waals surface area contributed by atoms with Gasteiger partial charge in [0.05, 0.1) is 25.6 Å². The molecule has 0 saturated carbocycles. The predicted molar refractivity (Wildman–Crippen MR) is 96.3 cm³/mol. The number of phenols is 1. The number of phenolic OH excluding ortho intramolecular Hbond substituents is 1. The Morgan fingerprint density at radius 1 is 0.920 bits per heavy atom.